The summed E-state index contributed by atoms with van der Waals surface area (Å²) in [6, 6.07) is 18.8. The zero-order valence-corrected chi connectivity index (χ0v) is 20.4. The maximum atomic E-state index is 15.0. The van der Waals surface area contributed by atoms with Gasteiger partial charge in [0.05, 0.1) is 0 Å². The van der Waals surface area contributed by atoms with E-state index in [9.17, 15) is 8.42 Å². The standard InChI is InChI=1S/C27H21N7O2S/c35-37(36)26-25(30-18-19-31-26)34(22-14-8-3-9-15-22)27(37)32(20-10-4-1-5-11-20)23-24(29-17-16-28-23)33(27)21-12-6-2-7-13-21/h1-6,8-12,14-19H,7,13H2. The van der Waals surface area contributed by atoms with E-state index in [4.69, 9.17) is 4.98 Å². The van der Waals surface area contributed by atoms with Crippen molar-refractivity contribution in [3.8, 4) is 0 Å². The number of aromatic nitrogens is 4. The van der Waals surface area contributed by atoms with Crippen molar-refractivity contribution >= 4 is 38.7 Å². The molecule has 1 spiro atoms. The van der Waals surface area contributed by atoms with Crippen molar-refractivity contribution in [2.45, 2.75) is 23.0 Å². The number of hydrogen-bond donors (Lipinski definition) is 0. The van der Waals surface area contributed by atoms with Gasteiger partial charge in [0.15, 0.2) is 17.5 Å². The predicted molar refractivity (Wildman–Crippen MR) is 140 cm³/mol. The number of fused-ring (bicyclic) bond motifs is 2. The van der Waals surface area contributed by atoms with Crippen molar-refractivity contribution in [3.05, 3.63) is 109 Å². The molecule has 4 aromatic rings. The smallest absolute Gasteiger partial charge is 0.271 e. The third-order valence-corrected chi connectivity index (χ3v) is 8.80. The molecule has 1 atom stereocenters. The number of allylic oxidation sites excluding steroid dienone is 4. The fourth-order valence-corrected chi connectivity index (χ4v) is 7.49. The van der Waals surface area contributed by atoms with Crippen molar-refractivity contribution in [1.82, 2.24) is 19.9 Å². The second-order valence-corrected chi connectivity index (χ2v) is 10.7. The molecule has 0 saturated heterocycles. The molecule has 1 aliphatic carbocycles. The van der Waals surface area contributed by atoms with Crippen LogP contribution in [0.4, 0.5) is 28.8 Å². The number of rotatable bonds is 3. The van der Waals surface area contributed by atoms with Gasteiger partial charge in [-0.2, -0.15) is 0 Å². The molecule has 0 fully saturated rings. The van der Waals surface area contributed by atoms with E-state index in [0.717, 1.165) is 12.1 Å². The van der Waals surface area contributed by atoms with Gasteiger partial charge in [0, 0.05) is 41.9 Å². The van der Waals surface area contributed by atoms with Gasteiger partial charge in [0.25, 0.3) is 9.84 Å². The van der Waals surface area contributed by atoms with Gasteiger partial charge in [-0.05, 0) is 43.2 Å². The first-order chi connectivity index (χ1) is 18.2. The molecule has 1 unspecified atom stereocenters. The summed E-state index contributed by atoms with van der Waals surface area (Å²) in [5.74, 6) is 1.13. The van der Waals surface area contributed by atoms with Gasteiger partial charge in [0.2, 0.25) is 5.03 Å². The summed E-state index contributed by atoms with van der Waals surface area (Å²) >= 11 is 0. The highest BCUT2D eigenvalue weighted by Crippen LogP contribution is 2.60. The minimum Gasteiger partial charge on any atom is -0.271 e. The topological polar surface area (TPSA) is 95.4 Å². The molecular weight excluding hydrogens is 486 g/mol. The maximum Gasteiger partial charge on any atom is 0.321 e. The fraction of sp³-hybridized carbons (Fsp3) is 0.111. The van der Waals surface area contributed by atoms with E-state index < -0.39 is 15.0 Å². The molecule has 2 aromatic carbocycles. The minimum atomic E-state index is -4.25. The number of para-hydroxylation sites is 2. The molecule has 10 heteroatoms. The summed E-state index contributed by atoms with van der Waals surface area (Å²) in [4.78, 5) is 23.6. The van der Waals surface area contributed by atoms with Crippen LogP contribution in [0.15, 0.2) is 114 Å². The summed E-state index contributed by atoms with van der Waals surface area (Å²) in [5, 5.41) is -1.95. The summed E-state index contributed by atoms with van der Waals surface area (Å²) in [6.45, 7) is 0. The van der Waals surface area contributed by atoms with Crippen molar-refractivity contribution in [3.63, 3.8) is 0 Å². The van der Waals surface area contributed by atoms with Crippen LogP contribution in [0.3, 0.4) is 0 Å². The van der Waals surface area contributed by atoms with Gasteiger partial charge in [0.1, 0.15) is 0 Å². The predicted octanol–water partition coefficient (Wildman–Crippen LogP) is 4.70. The molecule has 4 heterocycles. The Morgan fingerprint density at radius 3 is 1.81 bits per heavy atom. The molecule has 3 aliphatic rings. The molecule has 0 N–H and O–H groups in total. The first-order valence-corrected chi connectivity index (χ1v) is 13.4. The maximum absolute atomic E-state index is 15.0. The third kappa shape index (κ3) is 2.81. The van der Waals surface area contributed by atoms with E-state index >= 15 is 0 Å². The Hall–Kier alpha value is -4.57. The van der Waals surface area contributed by atoms with Gasteiger partial charge in [-0.25, -0.2) is 28.4 Å². The van der Waals surface area contributed by atoms with E-state index in [1.165, 1.54) is 12.4 Å². The molecule has 0 bridgehead atoms. The van der Waals surface area contributed by atoms with Crippen LogP contribution in [0.25, 0.3) is 0 Å². The van der Waals surface area contributed by atoms with E-state index in [2.05, 4.69) is 21.0 Å². The Balaban J connectivity index is 1.66. The Morgan fingerprint density at radius 2 is 1.22 bits per heavy atom. The highest BCUT2D eigenvalue weighted by atomic mass is 32.2. The van der Waals surface area contributed by atoms with Gasteiger partial charge < -0.3 is 0 Å². The minimum absolute atomic E-state index is 0.0930. The SMILES string of the molecule is O=S1(=O)c2nccnc2N(c2ccccc2)C12N(C1=CC=CCC1)c1nccnc1N2c1ccccc1. The lowest BCUT2D eigenvalue weighted by atomic mass is 10.1. The Kier molecular flexibility index (Phi) is 4.67. The second-order valence-electron chi connectivity index (χ2n) is 8.77. The lowest BCUT2D eigenvalue weighted by Crippen LogP contribution is -2.67. The second kappa shape index (κ2) is 7.97. The van der Waals surface area contributed by atoms with Crippen molar-refractivity contribution in [1.29, 1.82) is 0 Å². The van der Waals surface area contributed by atoms with Gasteiger partial charge in [-0.1, -0.05) is 48.6 Å². The molecule has 7 rings (SSSR count). The zero-order valence-electron chi connectivity index (χ0n) is 19.6. The number of nitrogens with zero attached hydrogens (tertiary/aromatic N) is 7. The van der Waals surface area contributed by atoms with Gasteiger partial charge in [-0.3, -0.25) is 14.7 Å². The summed E-state index contributed by atoms with van der Waals surface area (Å²) < 4.78 is 29.9. The summed E-state index contributed by atoms with van der Waals surface area (Å²) in [6.07, 6.45) is 13.5. The average molecular weight is 508 g/mol. The zero-order chi connectivity index (χ0) is 25.0. The molecule has 0 saturated carbocycles. The highest BCUT2D eigenvalue weighted by molar-refractivity contribution is 7.93. The fourth-order valence-electron chi connectivity index (χ4n) is 5.34. The highest BCUT2D eigenvalue weighted by Gasteiger charge is 2.72. The average Bonchev–Trinajstić information content (AvgIpc) is 3.37. The van der Waals surface area contributed by atoms with E-state index in [-0.39, 0.29) is 10.8 Å². The Labute approximate surface area is 214 Å². The largest absolute Gasteiger partial charge is 0.321 e. The first kappa shape index (κ1) is 21.7. The van der Waals surface area contributed by atoms with Crippen LogP contribution in [-0.4, -0.2) is 33.5 Å². The van der Waals surface area contributed by atoms with Crippen LogP contribution in [-0.2, 0) is 9.84 Å². The van der Waals surface area contributed by atoms with Crippen LogP contribution in [0.1, 0.15) is 12.8 Å². The number of benzene rings is 2. The molecule has 2 aromatic heterocycles. The number of sulfone groups is 1. The Bertz CT molecular complexity index is 1630. The van der Waals surface area contributed by atoms with Gasteiger partial charge in [-0.15, -0.1) is 0 Å². The molecule has 37 heavy (non-hydrogen) atoms. The summed E-state index contributed by atoms with van der Waals surface area (Å²) in [7, 11) is -4.25. The van der Waals surface area contributed by atoms with Gasteiger partial charge >= 0.3 is 5.12 Å². The summed E-state index contributed by atoms with van der Waals surface area (Å²) in [5.41, 5.74) is 2.10. The molecule has 0 amide bonds. The van der Waals surface area contributed by atoms with E-state index in [1.54, 1.807) is 27.1 Å². The molecule has 2 aliphatic heterocycles. The van der Waals surface area contributed by atoms with Crippen molar-refractivity contribution in [2.24, 2.45) is 0 Å². The van der Waals surface area contributed by atoms with Crippen LogP contribution in [0.2, 0.25) is 0 Å². The van der Waals surface area contributed by atoms with Crippen LogP contribution < -0.4 is 14.7 Å². The lowest BCUT2D eigenvalue weighted by Gasteiger charge is -2.46. The number of anilines is 5. The van der Waals surface area contributed by atoms with E-state index in [1.807, 2.05) is 72.8 Å². The molecule has 0 radical (unpaired) electrons. The van der Waals surface area contributed by atoms with Crippen molar-refractivity contribution < 1.29 is 8.42 Å². The van der Waals surface area contributed by atoms with Crippen LogP contribution >= 0.6 is 0 Å². The van der Waals surface area contributed by atoms with Crippen molar-refractivity contribution in [2.75, 3.05) is 14.7 Å². The monoisotopic (exact) mass is 507 g/mol. The molecule has 9 nitrogen and oxygen atoms in total. The number of hydrogen-bond acceptors (Lipinski definition) is 9. The van der Waals surface area contributed by atoms with Crippen LogP contribution in [0.5, 0.6) is 0 Å². The lowest BCUT2D eigenvalue weighted by molar-refractivity contribution is 0.523. The molecule has 182 valence electrons. The quantitative estimate of drug-likeness (QED) is 0.391. The first-order valence-electron chi connectivity index (χ1n) is 11.9. The van der Waals surface area contributed by atoms with Crippen LogP contribution in [0, 0.1) is 0 Å². The Morgan fingerprint density at radius 1 is 0.676 bits per heavy atom. The normalized spacial score (nSPS) is 21.2. The molecular formula is C27H21N7O2S. The van der Waals surface area contributed by atoms with E-state index in [0.29, 0.717) is 29.4 Å². The third-order valence-electron chi connectivity index (χ3n) is 6.74.